The van der Waals surface area contributed by atoms with Gasteiger partial charge in [0.05, 0.1) is 6.61 Å². The molecular weight excluding hydrogens is 280 g/mol. The molecule has 1 aliphatic rings. The van der Waals surface area contributed by atoms with Crippen LogP contribution in [0.1, 0.15) is 5.56 Å². The number of rotatable bonds is 4. The summed E-state index contributed by atoms with van der Waals surface area (Å²) in [4.78, 5) is 23.5. The fourth-order valence-corrected chi connectivity index (χ4v) is 2.58. The van der Waals surface area contributed by atoms with Crippen LogP contribution >= 0.6 is 0 Å². The van der Waals surface area contributed by atoms with Gasteiger partial charge in [-0.1, -0.05) is 24.3 Å². The molecule has 0 spiro atoms. The first kappa shape index (κ1) is 14.4. The summed E-state index contributed by atoms with van der Waals surface area (Å²) in [5.41, 5.74) is 1.000. The zero-order chi connectivity index (χ0) is 15.4. The van der Waals surface area contributed by atoms with E-state index in [1.807, 2.05) is 24.3 Å². The molecule has 2 aromatic rings. The number of fused-ring (bicyclic) bond motifs is 1. The van der Waals surface area contributed by atoms with Crippen LogP contribution in [-0.2, 0) is 17.8 Å². The topological polar surface area (TPSA) is 60.3 Å². The highest BCUT2D eigenvalue weighted by atomic mass is 16.5. The minimum atomic E-state index is -0.174. The SMILES string of the molecule is O=C(Cn1ccccc1=O)NCC1COc2ccccc2C1. The first-order valence-corrected chi connectivity index (χ1v) is 7.35. The number of hydrogen-bond acceptors (Lipinski definition) is 3. The molecule has 1 aromatic heterocycles. The molecule has 0 fully saturated rings. The number of ether oxygens (including phenoxy) is 1. The monoisotopic (exact) mass is 298 g/mol. The number of amides is 1. The van der Waals surface area contributed by atoms with Crippen molar-refractivity contribution >= 4 is 5.91 Å². The van der Waals surface area contributed by atoms with E-state index in [0.717, 1.165) is 12.2 Å². The van der Waals surface area contributed by atoms with Crippen LogP contribution in [0.3, 0.4) is 0 Å². The maximum Gasteiger partial charge on any atom is 0.250 e. The van der Waals surface area contributed by atoms with Gasteiger partial charge in [0.1, 0.15) is 12.3 Å². The van der Waals surface area contributed by atoms with Crippen molar-refractivity contribution in [1.29, 1.82) is 0 Å². The molecule has 0 saturated carbocycles. The number of benzene rings is 1. The third kappa shape index (κ3) is 3.36. The van der Waals surface area contributed by atoms with Gasteiger partial charge < -0.3 is 14.6 Å². The predicted octanol–water partition coefficient (Wildman–Crippen LogP) is 1.22. The van der Waals surface area contributed by atoms with Crippen molar-refractivity contribution in [2.45, 2.75) is 13.0 Å². The summed E-state index contributed by atoms with van der Waals surface area (Å²) in [5, 5.41) is 2.88. The molecule has 0 radical (unpaired) electrons. The van der Waals surface area contributed by atoms with Gasteiger partial charge in [0.15, 0.2) is 0 Å². The number of nitrogens with zero attached hydrogens (tertiary/aromatic N) is 1. The third-order valence-electron chi connectivity index (χ3n) is 3.76. The van der Waals surface area contributed by atoms with Gasteiger partial charge in [0.25, 0.3) is 5.56 Å². The first-order chi connectivity index (χ1) is 10.7. The molecule has 5 heteroatoms. The Morgan fingerprint density at radius 2 is 2.05 bits per heavy atom. The summed E-state index contributed by atoms with van der Waals surface area (Å²) in [7, 11) is 0. The average Bonchev–Trinajstić information content (AvgIpc) is 2.55. The first-order valence-electron chi connectivity index (χ1n) is 7.35. The highest BCUT2D eigenvalue weighted by molar-refractivity contribution is 5.75. The molecule has 1 aliphatic heterocycles. The number of nitrogens with one attached hydrogen (secondary N) is 1. The largest absolute Gasteiger partial charge is 0.493 e. The molecule has 1 atom stereocenters. The van der Waals surface area contributed by atoms with E-state index in [1.165, 1.54) is 16.2 Å². The fourth-order valence-electron chi connectivity index (χ4n) is 2.58. The molecule has 114 valence electrons. The molecule has 1 N–H and O–H groups in total. The number of carbonyl (C=O) groups excluding carboxylic acids is 1. The van der Waals surface area contributed by atoms with Crippen molar-refractivity contribution in [2.24, 2.45) is 5.92 Å². The minimum Gasteiger partial charge on any atom is -0.493 e. The summed E-state index contributed by atoms with van der Waals surface area (Å²) in [6.45, 7) is 1.20. The lowest BCUT2D eigenvalue weighted by Crippen LogP contribution is -2.37. The van der Waals surface area contributed by atoms with Crippen LogP contribution in [0.2, 0.25) is 0 Å². The molecule has 5 nitrogen and oxygen atoms in total. The number of pyridine rings is 1. The zero-order valence-electron chi connectivity index (χ0n) is 12.2. The number of carbonyl (C=O) groups is 1. The highest BCUT2D eigenvalue weighted by Crippen LogP contribution is 2.26. The molecule has 0 saturated heterocycles. The lowest BCUT2D eigenvalue weighted by Gasteiger charge is -2.25. The van der Waals surface area contributed by atoms with E-state index in [9.17, 15) is 9.59 Å². The van der Waals surface area contributed by atoms with Crippen LogP contribution in [0, 0.1) is 5.92 Å². The van der Waals surface area contributed by atoms with Crippen molar-refractivity contribution in [3.8, 4) is 5.75 Å². The Labute approximate surface area is 128 Å². The van der Waals surface area contributed by atoms with E-state index >= 15 is 0 Å². The smallest absolute Gasteiger partial charge is 0.250 e. The van der Waals surface area contributed by atoms with Crippen LogP contribution in [0.4, 0.5) is 0 Å². The molecule has 1 aromatic carbocycles. The fraction of sp³-hybridized carbons (Fsp3) is 0.294. The van der Waals surface area contributed by atoms with E-state index in [4.69, 9.17) is 4.74 Å². The molecule has 0 bridgehead atoms. The predicted molar refractivity (Wildman–Crippen MR) is 82.8 cm³/mol. The van der Waals surface area contributed by atoms with Gasteiger partial charge in [-0.05, 0) is 24.1 Å². The van der Waals surface area contributed by atoms with Gasteiger partial charge in [-0.3, -0.25) is 9.59 Å². The summed E-state index contributed by atoms with van der Waals surface area (Å²) in [6, 6.07) is 12.8. The van der Waals surface area contributed by atoms with Gasteiger partial charge in [0.2, 0.25) is 5.91 Å². The third-order valence-corrected chi connectivity index (χ3v) is 3.76. The Morgan fingerprint density at radius 1 is 1.23 bits per heavy atom. The Hall–Kier alpha value is -2.56. The van der Waals surface area contributed by atoms with Crippen LogP contribution in [-0.4, -0.2) is 23.6 Å². The maximum atomic E-state index is 11.9. The van der Waals surface area contributed by atoms with Crippen LogP contribution < -0.4 is 15.6 Å². The van der Waals surface area contributed by atoms with Crippen molar-refractivity contribution in [1.82, 2.24) is 9.88 Å². The Morgan fingerprint density at radius 3 is 2.91 bits per heavy atom. The second-order valence-corrected chi connectivity index (χ2v) is 5.46. The van der Waals surface area contributed by atoms with Gasteiger partial charge in [0, 0.05) is 24.7 Å². The van der Waals surface area contributed by atoms with E-state index in [-0.39, 0.29) is 23.9 Å². The summed E-state index contributed by atoms with van der Waals surface area (Å²) >= 11 is 0. The Bertz CT molecular complexity index is 724. The minimum absolute atomic E-state index is 0.0455. The standard InChI is InChI=1S/C17H18N2O3/c20-16(11-19-8-4-3-7-17(19)21)18-10-13-9-14-5-1-2-6-15(14)22-12-13/h1-8,13H,9-12H2,(H,18,20). The molecule has 0 aliphatic carbocycles. The van der Waals surface area contributed by atoms with Gasteiger partial charge >= 0.3 is 0 Å². The van der Waals surface area contributed by atoms with Gasteiger partial charge in [-0.25, -0.2) is 0 Å². The maximum absolute atomic E-state index is 11.9. The average molecular weight is 298 g/mol. The van der Waals surface area contributed by atoms with Gasteiger partial charge in [-0.15, -0.1) is 0 Å². The Kier molecular flexibility index (Phi) is 4.23. The van der Waals surface area contributed by atoms with E-state index < -0.39 is 0 Å². The molecule has 1 unspecified atom stereocenters. The van der Waals surface area contributed by atoms with Crippen LogP contribution in [0.5, 0.6) is 5.75 Å². The summed E-state index contributed by atoms with van der Waals surface area (Å²) in [5.74, 6) is 1.03. The van der Waals surface area contributed by atoms with Crippen molar-refractivity contribution in [3.05, 3.63) is 64.6 Å². The molecule has 3 rings (SSSR count). The lowest BCUT2D eigenvalue weighted by atomic mass is 9.97. The second-order valence-electron chi connectivity index (χ2n) is 5.46. The van der Waals surface area contributed by atoms with Crippen LogP contribution in [0.15, 0.2) is 53.5 Å². The van der Waals surface area contributed by atoms with E-state index in [0.29, 0.717) is 13.2 Å². The number of hydrogen-bond donors (Lipinski definition) is 1. The second kappa shape index (κ2) is 6.47. The highest BCUT2D eigenvalue weighted by Gasteiger charge is 2.19. The van der Waals surface area contributed by atoms with Crippen molar-refractivity contribution in [2.75, 3.05) is 13.2 Å². The van der Waals surface area contributed by atoms with E-state index in [1.54, 1.807) is 18.3 Å². The van der Waals surface area contributed by atoms with Gasteiger partial charge in [-0.2, -0.15) is 0 Å². The van der Waals surface area contributed by atoms with Crippen LogP contribution in [0.25, 0.3) is 0 Å². The molecule has 1 amide bonds. The number of para-hydroxylation sites is 1. The quantitative estimate of drug-likeness (QED) is 0.923. The normalized spacial score (nSPS) is 16.5. The zero-order valence-corrected chi connectivity index (χ0v) is 12.2. The Balaban J connectivity index is 1.52. The summed E-state index contributed by atoms with van der Waals surface area (Å²) in [6.07, 6.45) is 2.50. The number of aromatic nitrogens is 1. The van der Waals surface area contributed by atoms with Crippen molar-refractivity contribution < 1.29 is 9.53 Å². The summed E-state index contributed by atoms with van der Waals surface area (Å²) < 4.78 is 7.09. The molecule has 2 heterocycles. The molecule has 22 heavy (non-hydrogen) atoms. The lowest BCUT2D eigenvalue weighted by molar-refractivity contribution is -0.121. The molecular formula is C17H18N2O3. The van der Waals surface area contributed by atoms with E-state index in [2.05, 4.69) is 5.32 Å². The van der Waals surface area contributed by atoms with Crippen molar-refractivity contribution in [3.63, 3.8) is 0 Å².